The summed E-state index contributed by atoms with van der Waals surface area (Å²) in [5.41, 5.74) is 6.28. The molecule has 0 spiro atoms. The molecule has 3 amide bonds. The molecule has 0 bridgehead atoms. The van der Waals surface area contributed by atoms with Gasteiger partial charge >= 0.3 is 0 Å². The summed E-state index contributed by atoms with van der Waals surface area (Å²) in [5.74, 6) is -0.841. The Morgan fingerprint density at radius 2 is 1.56 bits per heavy atom. The maximum atomic E-state index is 12.0. The highest BCUT2D eigenvalue weighted by molar-refractivity contribution is 7.80. The van der Waals surface area contributed by atoms with Crippen molar-refractivity contribution < 1.29 is 19.1 Å². The van der Waals surface area contributed by atoms with Gasteiger partial charge in [-0.15, -0.1) is 0 Å². The smallest absolute Gasteiger partial charge is 0.264 e. The molecule has 2 aromatic rings. The van der Waals surface area contributed by atoms with Gasteiger partial charge in [-0.25, -0.2) is 0 Å². The molecule has 0 aliphatic rings. The van der Waals surface area contributed by atoms with Crippen LogP contribution in [0.4, 0.5) is 5.69 Å². The van der Waals surface area contributed by atoms with Crippen LogP contribution in [0.3, 0.4) is 0 Å². The fourth-order valence-electron chi connectivity index (χ4n) is 2.61. The molecule has 8 nitrogen and oxygen atoms in total. The maximum Gasteiger partial charge on any atom is 0.264 e. The summed E-state index contributed by atoms with van der Waals surface area (Å²) in [6.07, 6.45) is -0.207. The number of carbonyl (C=O) groups excluding carboxylic acids is 3. The number of anilines is 1. The second-order valence-electron chi connectivity index (χ2n) is 8.29. The second-order valence-corrected chi connectivity index (χ2v) is 9.54. The first-order valence-electron chi connectivity index (χ1n) is 10.3. The summed E-state index contributed by atoms with van der Waals surface area (Å²) < 4.78 is 5.44. The zero-order chi connectivity index (χ0) is 25.3. The zero-order valence-electron chi connectivity index (χ0n) is 19.0. The number of ether oxygens (including phenoxy) is 1. The number of carbonyl (C=O) groups is 3. The third kappa shape index (κ3) is 9.54. The third-order valence-electron chi connectivity index (χ3n) is 4.44. The number of thiocarbonyl (C=S) groups is 1. The van der Waals surface area contributed by atoms with E-state index in [-0.39, 0.29) is 30.0 Å². The van der Waals surface area contributed by atoms with E-state index in [1.165, 1.54) is 6.07 Å². The van der Waals surface area contributed by atoms with E-state index in [4.69, 9.17) is 40.2 Å². The molecular formula is C23H26Cl2N4O4S. The summed E-state index contributed by atoms with van der Waals surface area (Å²) in [6, 6.07) is 12.1. The van der Waals surface area contributed by atoms with Crippen LogP contribution in [-0.2, 0) is 19.8 Å². The van der Waals surface area contributed by atoms with E-state index in [0.717, 1.165) is 5.56 Å². The zero-order valence-corrected chi connectivity index (χ0v) is 21.3. The van der Waals surface area contributed by atoms with E-state index in [9.17, 15) is 14.4 Å². The fourth-order valence-corrected chi connectivity index (χ4v) is 3.23. The van der Waals surface area contributed by atoms with Crippen LogP contribution >= 0.6 is 35.4 Å². The van der Waals surface area contributed by atoms with Crippen molar-refractivity contribution in [3.05, 3.63) is 58.1 Å². The Balaban J connectivity index is 1.65. The highest BCUT2D eigenvalue weighted by atomic mass is 35.5. The predicted octanol–water partition coefficient (Wildman–Crippen LogP) is 4.11. The van der Waals surface area contributed by atoms with E-state index in [0.29, 0.717) is 21.5 Å². The molecule has 0 saturated heterocycles. The summed E-state index contributed by atoms with van der Waals surface area (Å²) in [5, 5.41) is 5.61. The van der Waals surface area contributed by atoms with E-state index in [1.807, 2.05) is 12.1 Å². The second kappa shape index (κ2) is 12.5. The Bertz CT molecular complexity index is 1060. The van der Waals surface area contributed by atoms with Crippen LogP contribution in [0.15, 0.2) is 42.5 Å². The molecule has 4 N–H and O–H groups in total. The first-order chi connectivity index (χ1) is 15.9. The van der Waals surface area contributed by atoms with Gasteiger partial charge in [-0.3, -0.25) is 30.6 Å². The van der Waals surface area contributed by atoms with E-state index >= 15 is 0 Å². The van der Waals surface area contributed by atoms with Gasteiger partial charge in [0.1, 0.15) is 5.75 Å². The molecule has 0 atom stereocenters. The topological polar surface area (TPSA) is 109 Å². The number of rotatable bonds is 7. The average molecular weight is 525 g/mol. The van der Waals surface area contributed by atoms with Crippen LogP contribution in [0.5, 0.6) is 5.75 Å². The molecule has 2 rings (SSSR count). The standard InChI is InChI=1S/C23H26Cl2N4O4S/c1-23(2,3)14-4-7-16(8-5-14)33-13-21(32)27-22(34)29-28-20(31)11-10-19(30)26-18-9-6-15(24)12-17(18)25/h4-9,12H,10-11,13H2,1-3H3,(H,26,30)(H,28,31)(H2,27,29,32,34). The Morgan fingerprint density at radius 3 is 2.18 bits per heavy atom. The molecule has 0 unspecified atom stereocenters. The number of benzene rings is 2. The number of halogens is 2. The predicted molar refractivity (Wildman–Crippen MR) is 137 cm³/mol. The highest BCUT2D eigenvalue weighted by Crippen LogP contribution is 2.26. The minimum Gasteiger partial charge on any atom is -0.484 e. The molecule has 0 aromatic heterocycles. The van der Waals surface area contributed by atoms with Gasteiger partial charge in [-0.1, -0.05) is 56.1 Å². The number of hydrazine groups is 1. The minimum atomic E-state index is -0.496. The quantitative estimate of drug-likeness (QED) is 0.320. The molecule has 0 fully saturated rings. The molecule has 0 heterocycles. The number of hydrogen-bond donors (Lipinski definition) is 4. The summed E-state index contributed by atoms with van der Waals surface area (Å²) >= 11 is 16.8. The van der Waals surface area contributed by atoms with E-state index in [2.05, 4.69) is 42.3 Å². The Morgan fingerprint density at radius 1 is 0.912 bits per heavy atom. The van der Waals surface area contributed by atoms with Crippen molar-refractivity contribution in [1.29, 1.82) is 0 Å². The van der Waals surface area contributed by atoms with Crippen LogP contribution in [0.1, 0.15) is 39.2 Å². The van der Waals surface area contributed by atoms with Crippen molar-refractivity contribution in [2.45, 2.75) is 39.0 Å². The molecule has 182 valence electrons. The van der Waals surface area contributed by atoms with Crippen molar-refractivity contribution in [2.75, 3.05) is 11.9 Å². The van der Waals surface area contributed by atoms with Gasteiger partial charge in [-0.2, -0.15) is 0 Å². The lowest BCUT2D eigenvalue weighted by atomic mass is 9.87. The van der Waals surface area contributed by atoms with E-state index < -0.39 is 17.7 Å². The monoisotopic (exact) mass is 524 g/mol. The van der Waals surface area contributed by atoms with Gasteiger partial charge in [0.25, 0.3) is 5.91 Å². The molecule has 11 heteroatoms. The molecule has 0 aliphatic heterocycles. The Hall–Kier alpha value is -2.88. The Labute approximate surface area is 213 Å². The van der Waals surface area contributed by atoms with Gasteiger partial charge in [-0.05, 0) is 53.5 Å². The van der Waals surface area contributed by atoms with Crippen molar-refractivity contribution in [1.82, 2.24) is 16.2 Å². The summed E-state index contributed by atoms with van der Waals surface area (Å²) in [7, 11) is 0. The van der Waals surface area contributed by atoms with Gasteiger partial charge in [0.05, 0.1) is 10.7 Å². The minimum absolute atomic E-state index is 0.0203. The molecule has 0 aliphatic carbocycles. The van der Waals surface area contributed by atoms with Crippen LogP contribution in [0.2, 0.25) is 10.0 Å². The Kier molecular flexibility index (Phi) is 10.1. The molecule has 2 aromatic carbocycles. The van der Waals surface area contributed by atoms with Crippen molar-refractivity contribution in [3.8, 4) is 5.75 Å². The van der Waals surface area contributed by atoms with Crippen molar-refractivity contribution in [3.63, 3.8) is 0 Å². The summed E-state index contributed by atoms with van der Waals surface area (Å²) in [6.45, 7) is 6.07. The van der Waals surface area contributed by atoms with Crippen LogP contribution in [-0.4, -0.2) is 29.4 Å². The van der Waals surface area contributed by atoms with Crippen molar-refractivity contribution in [2.24, 2.45) is 0 Å². The number of hydrogen-bond acceptors (Lipinski definition) is 5. The third-order valence-corrected chi connectivity index (χ3v) is 5.19. The lowest BCUT2D eigenvalue weighted by Crippen LogP contribution is -2.49. The maximum absolute atomic E-state index is 12.0. The SMILES string of the molecule is CC(C)(C)c1ccc(OCC(=O)NC(=S)NNC(=O)CCC(=O)Nc2ccc(Cl)cc2Cl)cc1. The van der Waals surface area contributed by atoms with Crippen molar-refractivity contribution >= 4 is 63.9 Å². The van der Waals surface area contributed by atoms with Crippen LogP contribution in [0.25, 0.3) is 0 Å². The van der Waals surface area contributed by atoms with Crippen LogP contribution in [0, 0.1) is 0 Å². The number of nitrogens with one attached hydrogen (secondary N) is 4. The van der Waals surface area contributed by atoms with Crippen LogP contribution < -0.4 is 26.2 Å². The van der Waals surface area contributed by atoms with E-state index in [1.54, 1.807) is 24.3 Å². The van der Waals surface area contributed by atoms with Gasteiger partial charge < -0.3 is 10.1 Å². The summed E-state index contributed by atoms with van der Waals surface area (Å²) in [4.78, 5) is 35.9. The lowest BCUT2D eigenvalue weighted by Gasteiger charge is -2.19. The fraction of sp³-hybridized carbons (Fsp3) is 0.304. The van der Waals surface area contributed by atoms with Gasteiger partial charge in [0.2, 0.25) is 11.8 Å². The normalized spacial score (nSPS) is 10.7. The molecule has 0 radical (unpaired) electrons. The lowest BCUT2D eigenvalue weighted by molar-refractivity contribution is -0.125. The first kappa shape index (κ1) is 27.4. The molecule has 34 heavy (non-hydrogen) atoms. The average Bonchev–Trinajstić information content (AvgIpc) is 2.76. The van der Waals surface area contributed by atoms with Gasteiger partial charge in [0, 0.05) is 17.9 Å². The number of amides is 3. The largest absolute Gasteiger partial charge is 0.484 e. The first-order valence-corrected chi connectivity index (χ1v) is 11.5. The molecular weight excluding hydrogens is 499 g/mol. The molecule has 0 saturated carbocycles. The highest BCUT2D eigenvalue weighted by Gasteiger charge is 2.14. The van der Waals surface area contributed by atoms with Gasteiger partial charge in [0.15, 0.2) is 11.7 Å².